The van der Waals surface area contributed by atoms with Crippen molar-refractivity contribution in [3.8, 4) is 0 Å². The molecule has 3 aliphatic rings. The summed E-state index contributed by atoms with van der Waals surface area (Å²) in [5, 5.41) is 12.8. The normalized spacial score (nSPS) is 21.1. The molecule has 0 spiro atoms. The number of rotatable bonds is 8. The van der Waals surface area contributed by atoms with E-state index < -0.39 is 0 Å². The molecule has 5 rings (SSSR count). The number of hydrogen-bond acceptors (Lipinski definition) is 8. The van der Waals surface area contributed by atoms with Gasteiger partial charge in [-0.25, -0.2) is 0 Å². The van der Waals surface area contributed by atoms with Crippen LogP contribution in [0.25, 0.3) is 0 Å². The van der Waals surface area contributed by atoms with Crippen LogP contribution in [0.4, 0.5) is 17.3 Å². The van der Waals surface area contributed by atoms with Crippen LogP contribution in [0.3, 0.4) is 0 Å². The maximum Gasteiger partial charge on any atom is 0.234 e. The molecule has 34 heavy (non-hydrogen) atoms. The third kappa shape index (κ3) is 5.84. The number of piperidine rings is 1. The monoisotopic (exact) mass is 486 g/mol. The van der Waals surface area contributed by atoms with Crippen molar-refractivity contribution in [3.63, 3.8) is 0 Å². The smallest absolute Gasteiger partial charge is 0.234 e. The van der Waals surface area contributed by atoms with Crippen molar-refractivity contribution in [3.05, 3.63) is 24.3 Å². The highest BCUT2D eigenvalue weighted by Gasteiger charge is 2.25. The van der Waals surface area contributed by atoms with Gasteiger partial charge < -0.3 is 24.6 Å². The molecule has 2 aromatic rings. The Morgan fingerprint density at radius 2 is 1.76 bits per heavy atom. The van der Waals surface area contributed by atoms with Crippen LogP contribution >= 0.6 is 11.8 Å². The first-order valence-corrected chi connectivity index (χ1v) is 13.4. The zero-order valence-corrected chi connectivity index (χ0v) is 20.5. The van der Waals surface area contributed by atoms with E-state index in [1.807, 2.05) is 12.1 Å². The van der Waals surface area contributed by atoms with Crippen molar-refractivity contribution >= 4 is 35.0 Å². The highest BCUT2D eigenvalue weighted by molar-refractivity contribution is 7.99. The molecule has 184 valence electrons. The van der Waals surface area contributed by atoms with E-state index in [0.717, 1.165) is 87.9 Å². The predicted molar refractivity (Wildman–Crippen MR) is 134 cm³/mol. The topological polar surface area (TPSA) is 84.8 Å². The number of carbonyl (C=O) groups is 1. The van der Waals surface area contributed by atoms with Gasteiger partial charge in [-0.1, -0.05) is 11.8 Å². The second-order valence-electron chi connectivity index (χ2n) is 9.06. The first-order valence-electron chi connectivity index (χ1n) is 12.4. The number of morpholine rings is 1. The quantitative estimate of drug-likeness (QED) is 0.570. The summed E-state index contributed by atoms with van der Waals surface area (Å²) in [7, 11) is 0. The molecule has 9 nitrogen and oxygen atoms in total. The van der Waals surface area contributed by atoms with Gasteiger partial charge in [0, 0.05) is 44.2 Å². The lowest BCUT2D eigenvalue weighted by molar-refractivity contribution is -0.113. The molecule has 3 aliphatic heterocycles. The van der Waals surface area contributed by atoms with Crippen LogP contribution in [0, 0.1) is 0 Å². The minimum atomic E-state index is -0.0460. The largest absolute Gasteiger partial charge is 0.378 e. The van der Waals surface area contributed by atoms with Crippen LogP contribution in [-0.4, -0.2) is 78.5 Å². The van der Waals surface area contributed by atoms with Crippen molar-refractivity contribution in [2.45, 2.75) is 49.9 Å². The van der Waals surface area contributed by atoms with Crippen molar-refractivity contribution in [1.82, 2.24) is 14.8 Å². The second-order valence-corrected chi connectivity index (χ2v) is 10.0. The lowest BCUT2D eigenvalue weighted by Gasteiger charge is -2.28. The lowest BCUT2D eigenvalue weighted by Crippen LogP contribution is -2.36. The van der Waals surface area contributed by atoms with Gasteiger partial charge in [0.05, 0.1) is 31.6 Å². The van der Waals surface area contributed by atoms with Crippen LogP contribution in [0.5, 0.6) is 0 Å². The van der Waals surface area contributed by atoms with E-state index in [1.54, 1.807) is 0 Å². The molecule has 0 radical (unpaired) electrons. The number of benzene rings is 1. The van der Waals surface area contributed by atoms with Gasteiger partial charge in [-0.2, -0.15) is 0 Å². The Bertz CT molecular complexity index is 935. The molecule has 0 bridgehead atoms. The Morgan fingerprint density at radius 1 is 0.971 bits per heavy atom. The molecule has 1 N–H and O–H groups in total. The van der Waals surface area contributed by atoms with Crippen LogP contribution in [0.1, 0.15) is 32.1 Å². The number of carbonyl (C=O) groups excluding carboxylic acids is 1. The Balaban J connectivity index is 1.19. The van der Waals surface area contributed by atoms with E-state index in [1.165, 1.54) is 31.0 Å². The molecule has 1 amide bonds. The van der Waals surface area contributed by atoms with Crippen LogP contribution in [0.15, 0.2) is 29.4 Å². The molecule has 1 aromatic carbocycles. The number of aromatic nitrogens is 3. The Kier molecular flexibility index (Phi) is 7.87. The fourth-order valence-electron chi connectivity index (χ4n) is 4.77. The zero-order valence-electron chi connectivity index (χ0n) is 19.7. The molecule has 0 unspecified atom stereocenters. The van der Waals surface area contributed by atoms with Crippen molar-refractivity contribution in [2.24, 2.45) is 0 Å². The molecule has 0 aliphatic carbocycles. The minimum Gasteiger partial charge on any atom is -0.378 e. The predicted octanol–water partition coefficient (Wildman–Crippen LogP) is 3.01. The maximum absolute atomic E-state index is 12.7. The average Bonchev–Trinajstić information content (AvgIpc) is 3.55. The van der Waals surface area contributed by atoms with Gasteiger partial charge in [0.25, 0.3) is 0 Å². The summed E-state index contributed by atoms with van der Waals surface area (Å²) in [5.41, 5.74) is 1.96. The molecule has 1 atom stereocenters. The number of nitrogens with one attached hydrogen (secondary N) is 1. The summed E-state index contributed by atoms with van der Waals surface area (Å²) >= 11 is 1.44. The summed E-state index contributed by atoms with van der Waals surface area (Å²) in [6.45, 7) is 6.89. The highest BCUT2D eigenvalue weighted by Crippen LogP contribution is 2.27. The van der Waals surface area contributed by atoms with Crippen molar-refractivity contribution in [2.75, 3.05) is 66.9 Å². The summed E-state index contributed by atoms with van der Waals surface area (Å²) in [6, 6.07) is 8.03. The average molecular weight is 487 g/mol. The lowest BCUT2D eigenvalue weighted by atomic mass is 10.1. The fraction of sp³-hybridized carbons (Fsp3) is 0.625. The Hall–Kier alpha value is -2.30. The second kappa shape index (κ2) is 11.4. The summed E-state index contributed by atoms with van der Waals surface area (Å²) in [6.07, 6.45) is 5.98. The number of anilines is 3. The first kappa shape index (κ1) is 23.4. The summed E-state index contributed by atoms with van der Waals surface area (Å²) in [4.78, 5) is 17.3. The fourth-order valence-corrected chi connectivity index (χ4v) is 5.51. The molecule has 4 heterocycles. The maximum atomic E-state index is 12.7. The molecule has 3 fully saturated rings. The number of nitrogens with zero attached hydrogens (tertiary/aromatic N) is 5. The number of hydrogen-bond donors (Lipinski definition) is 1. The molecule has 0 saturated carbocycles. The SMILES string of the molecule is O=C(CSc1nnc(N2CCCCC2)n1C[C@@H]1CCCO1)Nc1ccc(N2CCOCC2)cc1. The molecular formula is C24H34N6O3S. The van der Waals surface area contributed by atoms with Crippen molar-refractivity contribution < 1.29 is 14.3 Å². The number of thioether (sulfide) groups is 1. The Labute approximate surface area is 205 Å². The van der Waals surface area contributed by atoms with Crippen molar-refractivity contribution in [1.29, 1.82) is 0 Å². The third-order valence-electron chi connectivity index (χ3n) is 6.61. The van der Waals surface area contributed by atoms with E-state index in [2.05, 4.69) is 42.0 Å². The number of amides is 1. The third-order valence-corrected chi connectivity index (χ3v) is 7.57. The molecule has 1 aromatic heterocycles. The highest BCUT2D eigenvalue weighted by atomic mass is 32.2. The van der Waals surface area contributed by atoms with Gasteiger partial charge in [-0.3, -0.25) is 9.36 Å². The molecule has 10 heteroatoms. The summed E-state index contributed by atoms with van der Waals surface area (Å²) < 4.78 is 13.5. The molecule has 3 saturated heterocycles. The van der Waals surface area contributed by atoms with Gasteiger partial charge in [0.15, 0.2) is 5.16 Å². The van der Waals surface area contributed by atoms with Gasteiger partial charge in [0.2, 0.25) is 11.9 Å². The minimum absolute atomic E-state index is 0.0460. The summed E-state index contributed by atoms with van der Waals surface area (Å²) in [5.74, 6) is 1.15. The molecular weight excluding hydrogens is 452 g/mol. The zero-order chi connectivity index (χ0) is 23.2. The Morgan fingerprint density at radius 3 is 2.50 bits per heavy atom. The van der Waals surface area contributed by atoms with Gasteiger partial charge in [-0.05, 0) is 56.4 Å². The van der Waals surface area contributed by atoms with E-state index in [9.17, 15) is 4.79 Å². The number of ether oxygens (including phenoxy) is 2. The van der Waals surface area contributed by atoms with Gasteiger partial charge in [0.1, 0.15) is 0 Å². The van der Waals surface area contributed by atoms with E-state index >= 15 is 0 Å². The van der Waals surface area contributed by atoms with E-state index in [-0.39, 0.29) is 17.8 Å². The van der Waals surface area contributed by atoms with E-state index in [0.29, 0.717) is 0 Å². The van der Waals surface area contributed by atoms with Gasteiger partial charge >= 0.3 is 0 Å². The van der Waals surface area contributed by atoms with Crippen LogP contribution < -0.4 is 15.1 Å². The van der Waals surface area contributed by atoms with Gasteiger partial charge in [-0.15, -0.1) is 10.2 Å². The standard InChI is InChI=1S/C24H34N6O3S/c31-22(25-19-6-8-20(9-7-19)28-12-15-32-16-13-28)18-34-24-27-26-23(29-10-2-1-3-11-29)30(24)17-21-5-4-14-33-21/h6-9,21H,1-5,10-18H2,(H,25,31)/t21-/m0/s1. The van der Waals surface area contributed by atoms with Crippen LogP contribution in [0.2, 0.25) is 0 Å². The van der Waals surface area contributed by atoms with E-state index in [4.69, 9.17) is 9.47 Å². The first-order chi connectivity index (χ1) is 16.8. The van der Waals surface area contributed by atoms with Crippen LogP contribution in [-0.2, 0) is 20.8 Å².